The number of amides is 1. The number of piperidine rings is 1. The number of carbonyl (C=O) groups excluding carboxylic acids is 1. The minimum atomic E-state index is -3.72. The Morgan fingerprint density at radius 1 is 1.23 bits per heavy atom. The van der Waals surface area contributed by atoms with Gasteiger partial charge in [-0.15, -0.1) is 0 Å². The lowest BCUT2D eigenvalue weighted by molar-refractivity contribution is -0.127. The lowest BCUT2D eigenvalue weighted by Crippen LogP contribution is -2.41. The van der Waals surface area contributed by atoms with Crippen molar-refractivity contribution in [3.8, 4) is 11.5 Å². The first kappa shape index (κ1) is 21.9. The van der Waals surface area contributed by atoms with Crippen LogP contribution in [0, 0.1) is 5.92 Å². The number of nitrogens with zero attached hydrogens (tertiary/aromatic N) is 1. The van der Waals surface area contributed by atoms with Crippen LogP contribution in [0.3, 0.4) is 0 Å². The molecule has 1 N–H and O–H groups in total. The zero-order valence-corrected chi connectivity index (χ0v) is 17.9. The fourth-order valence-corrected chi connectivity index (χ4v) is 4.57. The van der Waals surface area contributed by atoms with Gasteiger partial charge in [0, 0.05) is 31.8 Å². The Bertz CT molecular complexity index is 977. The molecule has 3 rings (SSSR count). The van der Waals surface area contributed by atoms with Gasteiger partial charge in [0.15, 0.2) is 0 Å². The minimum Gasteiger partial charge on any atom is -0.497 e. The molecule has 1 aliphatic rings. The van der Waals surface area contributed by atoms with Crippen LogP contribution < -0.4 is 14.2 Å². The predicted octanol–water partition coefficient (Wildman–Crippen LogP) is 2.53. The summed E-state index contributed by atoms with van der Waals surface area (Å²) in [6.45, 7) is 1.47. The van der Waals surface area contributed by atoms with Crippen molar-refractivity contribution in [2.75, 3.05) is 33.9 Å². The lowest BCUT2D eigenvalue weighted by atomic mass is 9.97. The molecule has 1 aliphatic heterocycles. The van der Waals surface area contributed by atoms with Crippen LogP contribution in [0.5, 0.6) is 11.5 Å². The molecule has 0 aliphatic carbocycles. The molecule has 0 unspecified atom stereocenters. The van der Waals surface area contributed by atoms with E-state index in [0.29, 0.717) is 31.1 Å². The van der Waals surface area contributed by atoms with Crippen LogP contribution in [-0.4, -0.2) is 53.1 Å². The van der Waals surface area contributed by atoms with Crippen LogP contribution in [0.1, 0.15) is 18.6 Å². The summed E-state index contributed by atoms with van der Waals surface area (Å²) in [5.41, 5.74) is 0. The normalized spacial score (nSPS) is 15.5. The summed E-state index contributed by atoms with van der Waals surface area (Å²) in [7, 11) is -0.801. The third-order valence-electron chi connectivity index (χ3n) is 5.08. The maximum atomic E-state index is 12.7. The van der Waals surface area contributed by atoms with Gasteiger partial charge in [0.2, 0.25) is 15.9 Å². The van der Waals surface area contributed by atoms with Gasteiger partial charge in [0.1, 0.15) is 22.2 Å². The Labute approximate surface area is 176 Å². The van der Waals surface area contributed by atoms with Gasteiger partial charge in [-0.2, -0.15) is 0 Å². The molecule has 2 heterocycles. The fourth-order valence-electron chi connectivity index (χ4n) is 3.30. The molecular formula is C21H26N2O6S. The average molecular weight is 435 g/mol. The molecule has 0 bridgehead atoms. The van der Waals surface area contributed by atoms with E-state index < -0.39 is 10.0 Å². The van der Waals surface area contributed by atoms with E-state index in [4.69, 9.17) is 13.9 Å². The van der Waals surface area contributed by atoms with Crippen molar-refractivity contribution in [2.24, 2.45) is 5.92 Å². The quantitative estimate of drug-likeness (QED) is 0.641. The molecule has 162 valence electrons. The molecule has 0 atom stereocenters. The number of nitrogens with one attached hydrogen (secondary N) is 1. The van der Waals surface area contributed by atoms with Gasteiger partial charge in [-0.1, -0.05) is 0 Å². The number of benzene rings is 1. The SMILES string of the molecule is COc1ccc(S(=O)(=O)NCC2CCN(C(=O)C=Cc3ccco3)CC2)c(OC)c1. The molecule has 1 aromatic heterocycles. The highest BCUT2D eigenvalue weighted by Crippen LogP contribution is 2.28. The second kappa shape index (κ2) is 9.82. The summed E-state index contributed by atoms with van der Waals surface area (Å²) >= 11 is 0. The van der Waals surface area contributed by atoms with Crippen molar-refractivity contribution >= 4 is 22.0 Å². The fraction of sp³-hybridized carbons (Fsp3) is 0.381. The maximum absolute atomic E-state index is 12.7. The summed E-state index contributed by atoms with van der Waals surface area (Å²) in [5.74, 6) is 1.45. The topological polar surface area (TPSA) is 98.1 Å². The first-order valence-electron chi connectivity index (χ1n) is 9.65. The number of sulfonamides is 1. The maximum Gasteiger partial charge on any atom is 0.246 e. The molecular weight excluding hydrogens is 408 g/mol. The van der Waals surface area contributed by atoms with E-state index in [1.54, 1.807) is 35.4 Å². The van der Waals surface area contributed by atoms with Crippen molar-refractivity contribution in [1.82, 2.24) is 9.62 Å². The molecule has 0 spiro atoms. The number of rotatable bonds is 8. The number of furan rings is 1. The molecule has 0 radical (unpaired) electrons. The molecule has 1 saturated heterocycles. The summed E-state index contributed by atoms with van der Waals surface area (Å²) in [5, 5.41) is 0. The summed E-state index contributed by atoms with van der Waals surface area (Å²) < 4.78 is 43.6. The Balaban J connectivity index is 1.52. The van der Waals surface area contributed by atoms with Gasteiger partial charge in [-0.3, -0.25) is 4.79 Å². The Kier molecular flexibility index (Phi) is 7.17. The van der Waals surface area contributed by atoms with Crippen LogP contribution in [0.25, 0.3) is 6.08 Å². The van der Waals surface area contributed by atoms with Gasteiger partial charge in [0.25, 0.3) is 0 Å². The van der Waals surface area contributed by atoms with Crippen LogP contribution >= 0.6 is 0 Å². The van der Waals surface area contributed by atoms with Gasteiger partial charge in [-0.25, -0.2) is 13.1 Å². The lowest BCUT2D eigenvalue weighted by Gasteiger charge is -2.31. The number of hydrogen-bond donors (Lipinski definition) is 1. The zero-order valence-electron chi connectivity index (χ0n) is 17.0. The number of likely N-dealkylation sites (tertiary alicyclic amines) is 1. The van der Waals surface area contributed by atoms with Crippen molar-refractivity contribution in [1.29, 1.82) is 0 Å². The number of methoxy groups -OCH3 is 2. The Morgan fingerprint density at radius 2 is 2.00 bits per heavy atom. The Hall–Kier alpha value is -2.78. The summed E-state index contributed by atoms with van der Waals surface area (Å²) in [6.07, 6.45) is 6.14. The molecule has 1 amide bonds. The predicted molar refractivity (Wildman–Crippen MR) is 112 cm³/mol. The largest absolute Gasteiger partial charge is 0.497 e. The summed E-state index contributed by atoms with van der Waals surface area (Å²) in [6, 6.07) is 8.12. The standard InChI is InChI=1S/C21H26N2O6S/c1-27-18-5-7-20(19(14-18)28-2)30(25,26)22-15-16-9-11-23(12-10-16)21(24)8-6-17-4-3-13-29-17/h3-8,13-14,16,22H,9-12,15H2,1-2H3. The number of carbonyl (C=O) groups is 1. The second-order valence-electron chi connectivity index (χ2n) is 6.99. The van der Waals surface area contributed by atoms with Crippen LogP contribution in [0.2, 0.25) is 0 Å². The third-order valence-corrected chi connectivity index (χ3v) is 6.54. The highest BCUT2D eigenvalue weighted by Gasteiger charge is 2.25. The van der Waals surface area contributed by atoms with Gasteiger partial charge >= 0.3 is 0 Å². The average Bonchev–Trinajstić information content (AvgIpc) is 3.29. The highest BCUT2D eigenvalue weighted by molar-refractivity contribution is 7.89. The van der Waals surface area contributed by atoms with Crippen LogP contribution in [0.4, 0.5) is 0 Å². The molecule has 0 saturated carbocycles. The van der Waals surface area contributed by atoms with E-state index in [1.165, 1.54) is 32.4 Å². The van der Waals surface area contributed by atoms with Crippen molar-refractivity contribution in [2.45, 2.75) is 17.7 Å². The van der Waals surface area contributed by atoms with Gasteiger partial charge in [0.05, 0.1) is 20.5 Å². The molecule has 2 aromatic rings. The molecule has 8 nitrogen and oxygen atoms in total. The highest BCUT2D eigenvalue weighted by atomic mass is 32.2. The first-order chi connectivity index (χ1) is 14.4. The zero-order chi connectivity index (χ0) is 21.6. The van der Waals surface area contributed by atoms with Gasteiger partial charge < -0.3 is 18.8 Å². The van der Waals surface area contributed by atoms with E-state index in [0.717, 1.165) is 12.8 Å². The van der Waals surface area contributed by atoms with Crippen molar-refractivity contribution < 1.29 is 27.1 Å². The van der Waals surface area contributed by atoms with Gasteiger partial charge in [-0.05, 0) is 49.1 Å². The van der Waals surface area contributed by atoms with E-state index in [1.807, 2.05) is 0 Å². The monoisotopic (exact) mass is 434 g/mol. The molecule has 30 heavy (non-hydrogen) atoms. The molecule has 9 heteroatoms. The second-order valence-corrected chi connectivity index (χ2v) is 8.72. The van der Waals surface area contributed by atoms with Crippen molar-refractivity contribution in [3.63, 3.8) is 0 Å². The number of ether oxygens (including phenoxy) is 2. The van der Waals surface area contributed by atoms with E-state index >= 15 is 0 Å². The Morgan fingerprint density at radius 3 is 2.63 bits per heavy atom. The first-order valence-corrected chi connectivity index (χ1v) is 11.1. The minimum absolute atomic E-state index is 0.0708. The van der Waals surface area contributed by atoms with Crippen LogP contribution in [-0.2, 0) is 14.8 Å². The molecule has 1 fully saturated rings. The van der Waals surface area contributed by atoms with Crippen LogP contribution in [0.15, 0.2) is 52.0 Å². The van der Waals surface area contributed by atoms with E-state index in [2.05, 4.69) is 4.72 Å². The summed E-state index contributed by atoms with van der Waals surface area (Å²) in [4.78, 5) is 14.1. The van der Waals surface area contributed by atoms with Crippen molar-refractivity contribution in [3.05, 3.63) is 48.4 Å². The van der Waals surface area contributed by atoms with E-state index in [9.17, 15) is 13.2 Å². The third kappa shape index (κ3) is 5.43. The molecule has 1 aromatic carbocycles. The van der Waals surface area contributed by atoms with E-state index in [-0.39, 0.29) is 22.5 Å². The number of hydrogen-bond acceptors (Lipinski definition) is 6. The smallest absolute Gasteiger partial charge is 0.246 e.